The number of aromatic nitrogens is 1. The molecule has 4 aromatic carbocycles. The van der Waals surface area contributed by atoms with Crippen LogP contribution in [-0.2, 0) is 0 Å². The molecular weight excluding hydrogens is 416 g/mol. The van der Waals surface area contributed by atoms with Crippen LogP contribution in [0.25, 0.3) is 55.3 Å². The number of aryl methyl sites for hydroxylation is 1. The van der Waals surface area contributed by atoms with Gasteiger partial charge in [0.2, 0.25) is 5.52 Å². The molecule has 8 rings (SSSR count). The van der Waals surface area contributed by atoms with E-state index in [1.807, 2.05) is 10.8 Å². The molecule has 0 saturated heterocycles. The van der Waals surface area contributed by atoms with Gasteiger partial charge in [-0.25, -0.2) is 8.98 Å². The van der Waals surface area contributed by atoms with Crippen LogP contribution in [0, 0.1) is 13.0 Å². The summed E-state index contributed by atoms with van der Waals surface area (Å²) >= 11 is 0. The van der Waals surface area contributed by atoms with Crippen molar-refractivity contribution in [3.05, 3.63) is 113 Å². The van der Waals surface area contributed by atoms with Gasteiger partial charge in [0.05, 0.1) is 12.3 Å². The van der Waals surface area contributed by atoms with Crippen LogP contribution in [0.2, 0.25) is 0 Å². The van der Waals surface area contributed by atoms with Gasteiger partial charge in [0.1, 0.15) is 17.2 Å². The summed E-state index contributed by atoms with van der Waals surface area (Å²) in [6.45, 7) is 6.48. The molecule has 0 spiro atoms. The maximum Gasteiger partial charge on any atom is 0.328 e. The average Bonchev–Trinajstić information content (AvgIpc) is 3.50. The van der Waals surface area contributed by atoms with Gasteiger partial charge in [0.15, 0.2) is 6.04 Å². The summed E-state index contributed by atoms with van der Waals surface area (Å²) < 4.78 is 11.2. The normalized spacial score (nSPS) is 13.9. The fourth-order valence-corrected chi connectivity index (χ4v) is 5.91. The van der Waals surface area contributed by atoms with E-state index in [-0.39, 0.29) is 0 Å². The molecule has 0 unspecified atom stereocenters. The highest BCUT2D eigenvalue weighted by atomic mass is 16.3. The molecule has 0 N–H and O–H groups in total. The third-order valence-corrected chi connectivity index (χ3v) is 7.38. The molecule has 3 nitrogen and oxygen atoms in total. The van der Waals surface area contributed by atoms with E-state index in [2.05, 4.69) is 103 Å². The fourth-order valence-electron chi connectivity index (χ4n) is 5.91. The van der Waals surface area contributed by atoms with Crippen LogP contribution >= 0.6 is 0 Å². The Balaban J connectivity index is 1.56. The first-order valence-corrected chi connectivity index (χ1v) is 11.6. The molecule has 3 aromatic heterocycles. The molecule has 1 aliphatic heterocycles. The molecule has 160 valence electrons. The van der Waals surface area contributed by atoms with E-state index < -0.39 is 0 Å². The lowest BCUT2D eigenvalue weighted by atomic mass is 9.88. The van der Waals surface area contributed by atoms with Gasteiger partial charge in [-0.1, -0.05) is 60.5 Å². The lowest BCUT2D eigenvalue weighted by Crippen LogP contribution is -2.20. The van der Waals surface area contributed by atoms with Gasteiger partial charge in [-0.3, -0.25) is 4.42 Å². The minimum atomic E-state index is 0.916. The van der Waals surface area contributed by atoms with Crippen molar-refractivity contribution in [3.63, 3.8) is 0 Å². The summed E-state index contributed by atoms with van der Waals surface area (Å²) in [6, 6.07) is 29.1. The standard InChI is InChI=1S/C31H20N2O/c1-18-14-15-24-29-31(23-12-7-11-22-21-10-5-6-13-25(21)33(29)27(22)23)34-30(24)26(18)28-20-9-4-3-8-19(20)16-17-32(28)2/h3-17H,2H2,1H3. The van der Waals surface area contributed by atoms with Gasteiger partial charge in [-0.05, 0) is 28.5 Å². The Morgan fingerprint density at radius 2 is 1.71 bits per heavy atom. The molecule has 34 heavy (non-hydrogen) atoms. The molecule has 0 saturated carbocycles. The first-order valence-electron chi connectivity index (χ1n) is 11.6. The second-order valence-corrected chi connectivity index (χ2v) is 9.19. The monoisotopic (exact) mass is 436 g/mol. The van der Waals surface area contributed by atoms with Crippen LogP contribution in [0.4, 0.5) is 0 Å². The van der Waals surface area contributed by atoms with Gasteiger partial charge in [-0.15, -0.1) is 30.3 Å². The van der Waals surface area contributed by atoms with E-state index in [1.54, 1.807) is 0 Å². The predicted octanol–water partition coefficient (Wildman–Crippen LogP) is 6.72. The molecular formula is C31H20N2O. The molecule has 0 aliphatic carbocycles. The first kappa shape index (κ1) is 18.0. The quantitative estimate of drug-likeness (QED) is 0.159. The Morgan fingerprint density at radius 3 is 2.65 bits per heavy atom. The number of hydrogen-bond donors (Lipinski definition) is 0. The summed E-state index contributed by atoms with van der Waals surface area (Å²) in [7, 11) is 0. The number of hydrogen-bond acceptors (Lipinski definition) is 0. The zero-order chi connectivity index (χ0) is 22.6. The van der Waals surface area contributed by atoms with E-state index >= 15 is 0 Å². The Bertz CT molecular complexity index is 2000. The van der Waals surface area contributed by atoms with Crippen LogP contribution in [0.3, 0.4) is 0 Å². The van der Waals surface area contributed by atoms with E-state index in [1.165, 1.54) is 38.5 Å². The first-order chi connectivity index (χ1) is 16.7. The lowest BCUT2D eigenvalue weighted by molar-refractivity contribution is -0.443. The van der Waals surface area contributed by atoms with Crippen LogP contribution < -0.4 is 4.40 Å². The highest BCUT2D eigenvalue weighted by Crippen LogP contribution is 2.43. The zero-order valence-corrected chi connectivity index (χ0v) is 18.7. The topological polar surface area (TPSA) is 18.4 Å². The third kappa shape index (κ3) is 2.03. The van der Waals surface area contributed by atoms with Gasteiger partial charge < -0.3 is 0 Å². The summed E-state index contributed by atoms with van der Waals surface area (Å²) in [4.78, 5) is 0. The smallest absolute Gasteiger partial charge is 0.285 e. The Kier molecular flexibility index (Phi) is 3.22. The van der Waals surface area contributed by atoms with Gasteiger partial charge in [-0.2, -0.15) is 0 Å². The van der Waals surface area contributed by atoms with E-state index in [0.29, 0.717) is 0 Å². The van der Waals surface area contributed by atoms with Crippen molar-refractivity contribution in [2.24, 2.45) is 0 Å². The molecule has 4 heterocycles. The second kappa shape index (κ2) is 6.09. The van der Waals surface area contributed by atoms with Gasteiger partial charge in [0, 0.05) is 10.8 Å². The number of rotatable bonds is 1. The van der Waals surface area contributed by atoms with Crippen LogP contribution in [-0.4, -0.2) is 11.3 Å². The molecule has 0 bridgehead atoms. The van der Waals surface area contributed by atoms with E-state index in [4.69, 9.17) is 4.42 Å². The summed E-state index contributed by atoms with van der Waals surface area (Å²) in [6.07, 6.45) is 4.15. The molecule has 0 amide bonds. The van der Waals surface area contributed by atoms with Crippen molar-refractivity contribution in [1.29, 1.82) is 0 Å². The third-order valence-electron chi connectivity index (χ3n) is 7.38. The second-order valence-electron chi connectivity index (χ2n) is 9.19. The fraction of sp³-hybridized carbons (Fsp3) is 0.0323. The van der Waals surface area contributed by atoms with Crippen molar-refractivity contribution in [2.75, 3.05) is 0 Å². The summed E-state index contributed by atoms with van der Waals surface area (Å²) in [5, 5.41) is 4.83. The number of fused-ring (bicyclic) bond motifs is 9. The van der Waals surface area contributed by atoms with Crippen LogP contribution in [0.5, 0.6) is 0 Å². The molecule has 3 heteroatoms. The Morgan fingerprint density at radius 1 is 0.853 bits per heavy atom. The molecule has 0 radical (unpaired) electrons. The number of nitrogens with zero attached hydrogens (tertiary/aromatic N) is 2. The number of benzene rings is 4. The average molecular weight is 437 g/mol. The predicted molar refractivity (Wildman–Crippen MR) is 138 cm³/mol. The summed E-state index contributed by atoms with van der Waals surface area (Å²) in [5.74, 6) is 0. The van der Waals surface area contributed by atoms with Gasteiger partial charge >= 0.3 is 5.58 Å². The highest BCUT2D eigenvalue weighted by molar-refractivity contribution is 6.20. The van der Waals surface area contributed by atoms with Crippen molar-refractivity contribution in [1.82, 2.24) is 0 Å². The van der Waals surface area contributed by atoms with E-state index in [0.717, 1.165) is 39.1 Å². The number of para-hydroxylation sites is 2. The van der Waals surface area contributed by atoms with Crippen molar-refractivity contribution < 1.29 is 13.4 Å². The molecule has 0 fully saturated rings. The zero-order valence-electron chi connectivity index (χ0n) is 18.7. The largest absolute Gasteiger partial charge is 0.328 e. The Labute approximate surface area is 195 Å². The van der Waals surface area contributed by atoms with Crippen molar-refractivity contribution >= 4 is 62.1 Å². The van der Waals surface area contributed by atoms with Crippen LogP contribution in [0.1, 0.15) is 22.3 Å². The SMILES string of the molecule is C=[N+]1C=Cc2ccccc2[C-]1c1c(C)ccc2c1[o+][c-]1c3cccc4c5cccc[c-]5[n+](c43)c21. The molecule has 1 aliphatic rings. The van der Waals surface area contributed by atoms with Gasteiger partial charge in [0.25, 0.3) is 5.58 Å². The Hall–Kier alpha value is -4.50. The van der Waals surface area contributed by atoms with E-state index in [9.17, 15) is 0 Å². The minimum absolute atomic E-state index is 0.916. The minimum Gasteiger partial charge on any atom is -0.285 e. The highest BCUT2D eigenvalue weighted by Gasteiger charge is 2.34. The lowest BCUT2D eigenvalue weighted by Gasteiger charge is -2.24. The van der Waals surface area contributed by atoms with Crippen LogP contribution in [0.15, 0.2) is 89.5 Å². The molecule has 7 aromatic rings. The molecule has 0 atom stereocenters. The number of furan rings is 1. The maximum atomic E-state index is 6.80. The van der Waals surface area contributed by atoms with Crippen molar-refractivity contribution in [3.8, 4) is 0 Å². The van der Waals surface area contributed by atoms with Crippen molar-refractivity contribution in [2.45, 2.75) is 6.92 Å². The summed E-state index contributed by atoms with van der Waals surface area (Å²) in [5.41, 5.74) is 10.1. The maximum absolute atomic E-state index is 6.80.